The third kappa shape index (κ3) is 4.79. The van der Waals surface area contributed by atoms with E-state index in [0.717, 1.165) is 29.7 Å². The largest absolute Gasteiger partial charge is 0.352 e. The molecular weight excluding hydrogens is 290 g/mol. The van der Waals surface area contributed by atoms with Gasteiger partial charge in [0.1, 0.15) is 0 Å². The molecular formula is C18H27N3O2. The van der Waals surface area contributed by atoms with E-state index in [2.05, 4.69) is 22.8 Å². The minimum atomic E-state index is -0.318. The molecule has 1 aliphatic rings. The van der Waals surface area contributed by atoms with E-state index in [4.69, 9.17) is 0 Å². The summed E-state index contributed by atoms with van der Waals surface area (Å²) in [5.41, 5.74) is 4.15. The second kappa shape index (κ2) is 7.13. The standard InChI is InChI=1S/C18H27N3O2/c1-11-8-12(2)17(13(3)9-11)20-16(22)10-21(5)14(4)18(23)19-15-6-7-15/h8-9,14-15H,6-7,10H2,1-5H3,(H,19,23)(H,20,22)/t14-/m0/s1. The molecule has 2 amide bonds. The van der Waals surface area contributed by atoms with Crippen molar-refractivity contribution < 1.29 is 9.59 Å². The van der Waals surface area contributed by atoms with E-state index in [0.29, 0.717) is 6.04 Å². The van der Waals surface area contributed by atoms with Crippen LogP contribution in [0.5, 0.6) is 0 Å². The molecule has 0 aromatic heterocycles. The number of hydrogen-bond acceptors (Lipinski definition) is 3. The molecule has 1 aromatic carbocycles. The third-order valence-electron chi connectivity index (χ3n) is 4.30. The van der Waals surface area contributed by atoms with Gasteiger partial charge in [0.05, 0.1) is 12.6 Å². The van der Waals surface area contributed by atoms with Crippen molar-refractivity contribution >= 4 is 17.5 Å². The first-order valence-electron chi connectivity index (χ1n) is 8.16. The zero-order valence-electron chi connectivity index (χ0n) is 14.7. The summed E-state index contributed by atoms with van der Waals surface area (Å²) in [6.07, 6.45) is 2.13. The van der Waals surface area contributed by atoms with Crippen molar-refractivity contribution in [2.24, 2.45) is 0 Å². The molecule has 0 radical (unpaired) electrons. The second-order valence-corrected chi connectivity index (χ2v) is 6.70. The first-order valence-corrected chi connectivity index (χ1v) is 8.16. The van der Waals surface area contributed by atoms with Crippen LogP contribution in [0.1, 0.15) is 36.5 Å². The van der Waals surface area contributed by atoms with Gasteiger partial charge in [-0.05, 0) is 58.7 Å². The molecule has 1 atom stereocenters. The molecule has 23 heavy (non-hydrogen) atoms. The van der Waals surface area contributed by atoms with E-state index in [1.54, 1.807) is 11.9 Å². The lowest BCUT2D eigenvalue weighted by molar-refractivity contribution is -0.126. The SMILES string of the molecule is Cc1cc(C)c(NC(=O)CN(C)[C@@H](C)C(=O)NC2CC2)c(C)c1. The molecule has 0 spiro atoms. The van der Waals surface area contributed by atoms with Crippen molar-refractivity contribution in [2.75, 3.05) is 18.9 Å². The number of amides is 2. The molecule has 2 rings (SSSR count). The Bertz CT molecular complexity index is 585. The zero-order valence-corrected chi connectivity index (χ0v) is 14.7. The van der Waals surface area contributed by atoms with Crippen LogP contribution in [0, 0.1) is 20.8 Å². The molecule has 1 aliphatic carbocycles. The van der Waals surface area contributed by atoms with E-state index in [1.807, 2.05) is 27.7 Å². The highest BCUT2D eigenvalue weighted by atomic mass is 16.2. The van der Waals surface area contributed by atoms with Gasteiger partial charge in [-0.15, -0.1) is 0 Å². The minimum Gasteiger partial charge on any atom is -0.352 e. The first kappa shape index (κ1) is 17.5. The maximum absolute atomic E-state index is 12.3. The summed E-state index contributed by atoms with van der Waals surface area (Å²) in [5, 5.41) is 5.94. The molecule has 5 nitrogen and oxygen atoms in total. The predicted octanol–water partition coefficient (Wildman–Crippen LogP) is 2.15. The summed E-state index contributed by atoms with van der Waals surface area (Å²) >= 11 is 0. The van der Waals surface area contributed by atoms with Crippen LogP contribution in [-0.4, -0.2) is 42.4 Å². The summed E-state index contributed by atoms with van der Waals surface area (Å²) in [7, 11) is 1.80. The van der Waals surface area contributed by atoms with E-state index in [1.165, 1.54) is 5.56 Å². The average Bonchev–Trinajstić information content (AvgIpc) is 3.25. The lowest BCUT2D eigenvalue weighted by Gasteiger charge is -2.23. The summed E-state index contributed by atoms with van der Waals surface area (Å²) < 4.78 is 0. The highest BCUT2D eigenvalue weighted by molar-refractivity contribution is 5.94. The Morgan fingerprint density at radius 2 is 1.78 bits per heavy atom. The van der Waals surface area contributed by atoms with Crippen molar-refractivity contribution in [2.45, 2.75) is 52.6 Å². The molecule has 0 heterocycles. The zero-order chi connectivity index (χ0) is 17.1. The number of carbonyl (C=O) groups is 2. The van der Waals surface area contributed by atoms with Crippen LogP contribution >= 0.6 is 0 Å². The highest BCUT2D eigenvalue weighted by Crippen LogP contribution is 2.22. The van der Waals surface area contributed by atoms with Gasteiger partial charge in [0.25, 0.3) is 0 Å². The lowest BCUT2D eigenvalue weighted by Crippen LogP contribution is -2.46. The van der Waals surface area contributed by atoms with Crippen molar-refractivity contribution in [3.63, 3.8) is 0 Å². The minimum absolute atomic E-state index is 0.00880. The van der Waals surface area contributed by atoms with Gasteiger partial charge in [-0.2, -0.15) is 0 Å². The smallest absolute Gasteiger partial charge is 0.238 e. The normalized spacial score (nSPS) is 15.4. The third-order valence-corrected chi connectivity index (χ3v) is 4.30. The van der Waals surface area contributed by atoms with Crippen LogP contribution < -0.4 is 10.6 Å². The number of rotatable bonds is 6. The van der Waals surface area contributed by atoms with Gasteiger partial charge in [0.15, 0.2) is 0 Å². The van der Waals surface area contributed by atoms with Crippen molar-refractivity contribution in [3.8, 4) is 0 Å². The molecule has 126 valence electrons. The van der Waals surface area contributed by atoms with Gasteiger partial charge >= 0.3 is 0 Å². The van der Waals surface area contributed by atoms with Crippen LogP contribution in [0.25, 0.3) is 0 Å². The van der Waals surface area contributed by atoms with Crippen molar-refractivity contribution in [1.29, 1.82) is 0 Å². The Balaban J connectivity index is 1.92. The topological polar surface area (TPSA) is 61.4 Å². The van der Waals surface area contributed by atoms with Gasteiger partial charge in [-0.3, -0.25) is 14.5 Å². The van der Waals surface area contributed by atoms with Crippen molar-refractivity contribution in [3.05, 3.63) is 28.8 Å². The predicted molar refractivity (Wildman–Crippen MR) is 92.5 cm³/mol. The van der Waals surface area contributed by atoms with Gasteiger partial charge < -0.3 is 10.6 Å². The molecule has 0 aliphatic heterocycles. The molecule has 2 N–H and O–H groups in total. The first-order chi connectivity index (χ1) is 10.8. The van der Waals surface area contributed by atoms with E-state index >= 15 is 0 Å². The fraction of sp³-hybridized carbons (Fsp3) is 0.556. The van der Waals surface area contributed by atoms with E-state index in [-0.39, 0.29) is 24.4 Å². The Labute approximate surface area is 138 Å². The maximum Gasteiger partial charge on any atom is 0.238 e. The Kier molecular flexibility index (Phi) is 5.42. The van der Waals surface area contributed by atoms with Crippen molar-refractivity contribution in [1.82, 2.24) is 10.2 Å². The fourth-order valence-electron chi connectivity index (χ4n) is 2.67. The second-order valence-electron chi connectivity index (χ2n) is 6.70. The summed E-state index contributed by atoms with van der Waals surface area (Å²) in [4.78, 5) is 26.1. The Hall–Kier alpha value is -1.88. The number of nitrogens with one attached hydrogen (secondary N) is 2. The molecule has 0 saturated heterocycles. The molecule has 5 heteroatoms. The quantitative estimate of drug-likeness (QED) is 0.845. The fourth-order valence-corrected chi connectivity index (χ4v) is 2.67. The number of hydrogen-bond donors (Lipinski definition) is 2. The van der Waals surface area contributed by atoms with Crippen LogP contribution in [-0.2, 0) is 9.59 Å². The van der Waals surface area contributed by atoms with Crippen LogP contribution in [0.3, 0.4) is 0 Å². The van der Waals surface area contributed by atoms with E-state index < -0.39 is 0 Å². The number of nitrogens with zero attached hydrogens (tertiary/aromatic N) is 1. The Morgan fingerprint density at radius 3 is 2.30 bits per heavy atom. The monoisotopic (exact) mass is 317 g/mol. The molecule has 1 saturated carbocycles. The van der Waals surface area contributed by atoms with E-state index in [9.17, 15) is 9.59 Å². The molecule has 1 fully saturated rings. The van der Waals surface area contributed by atoms with Gasteiger partial charge in [-0.25, -0.2) is 0 Å². The number of aryl methyl sites for hydroxylation is 3. The van der Waals surface area contributed by atoms with Crippen LogP contribution in [0.15, 0.2) is 12.1 Å². The molecule has 0 unspecified atom stereocenters. The van der Waals surface area contributed by atoms with Gasteiger partial charge in [0.2, 0.25) is 11.8 Å². The number of anilines is 1. The van der Waals surface area contributed by atoms with Gasteiger partial charge in [-0.1, -0.05) is 17.7 Å². The summed E-state index contributed by atoms with van der Waals surface area (Å²) in [5.74, 6) is -0.112. The summed E-state index contributed by atoms with van der Waals surface area (Å²) in [6.45, 7) is 8.04. The lowest BCUT2D eigenvalue weighted by atomic mass is 10.1. The maximum atomic E-state index is 12.3. The number of carbonyl (C=O) groups excluding carboxylic acids is 2. The number of benzene rings is 1. The van der Waals surface area contributed by atoms with Crippen LogP contribution in [0.4, 0.5) is 5.69 Å². The average molecular weight is 317 g/mol. The molecule has 0 bridgehead atoms. The highest BCUT2D eigenvalue weighted by Gasteiger charge is 2.27. The van der Waals surface area contributed by atoms with Crippen LogP contribution in [0.2, 0.25) is 0 Å². The Morgan fingerprint density at radius 1 is 1.22 bits per heavy atom. The number of likely N-dealkylation sites (N-methyl/N-ethyl adjacent to an activating group) is 1. The van der Waals surface area contributed by atoms with Gasteiger partial charge in [0, 0.05) is 11.7 Å². The summed E-state index contributed by atoms with van der Waals surface area (Å²) in [6, 6.07) is 4.13. The molecule has 1 aromatic rings.